The second-order valence-corrected chi connectivity index (χ2v) is 5.83. The highest BCUT2D eigenvalue weighted by molar-refractivity contribution is 5.46. The molecule has 0 amide bonds. The van der Waals surface area contributed by atoms with Gasteiger partial charge in [-0.3, -0.25) is 0 Å². The molecule has 2 rings (SSSR count). The summed E-state index contributed by atoms with van der Waals surface area (Å²) in [7, 11) is 0. The van der Waals surface area contributed by atoms with Crippen molar-refractivity contribution in [3.63, 3.8) is 0 Å². The van der Waals surface area contributed by atoms with Crippen molar-refractivity contribution in [1.82, 2.24) is 0 Å². The van der Waals surface area contributed by atoms with E-state index in [0.717, 1.165) is 30.6 Å². The van der Waals surface area contributed by atoms with Gasteiger partial charge in [0.15, 0.2) is 0 Å². The summed E-state index contributed by atoms with van der Waals surface area (Å²) in [6.45, 7) is 4.83. The Balaban J connectivity index is 1.81. The first-order valence-corrected chi connectivity index (χ1v) is 7.41. The third-order valence-corrected chi connectivity index (χ3v) is 3.70. The van der Waals surface area contributed by atoms with E-state index in [1.807, 2.05) is 32.0 Å². The van der Waals surface area contributed by atoms with Crippen molar-refractivity contribution in [3.05, 3.63) is 65.7 Å². The maximum atomic E-state index is 9.13. The molecular weight excluding hydrogens is 256 g/mol. The minimum absolute atomic E-state index is 0.425. The van der Waals surface area contributed by atoms with Gasteiger partial charge in [-0.2, -0.15) is 5.26 Å². The van der Waals surface area contributed by atoms with Crippen LogP contribution in [0.3, 0.4) is 0 Å². The van der Waals surface area contributed by atoms with E-state index in [2.05, 4.69) is 47.8 Å². The van der Waals surface area contributed by atoms with E-state index in [1.165, 1.54) is 5.56 Å². The molecule has 0 atom stereocenters. The van der Waals surface area contributed by atoms with Crippen LogP contribution in [0.4, 0.5) is 5.69 Å². The minimum atomic E-state index is -0.425. The SMILES string of the molecule is CC(C)(C#N)c1ccc(NCCCc2ccccc2)cc1. The molecule has 108 valence electrons. The first kappa shape index (κ1) is 15.1. The van der Waals surface area contributed by atoms with Crippen LogP contribution in [0.25, 0.3) is 0 Å². The fourth-order valence-corrected chi connectivity index (χ4v) is 2.24. The van der Waals surface area contributed by atoms with Crippen LogP contribution in [0, 0.1) is 11.3 Å². The molecule has 2 nitrogen and oxygen atoms in total. The fraction of sp³-hybridized carbons (Fsp3) is 0.316. The average Bonchev–Trinajstić information content (AvgIpc) is 2.53. The molecule has 2 aromatic rings. The van der Waals surface area contributed by atoms with E-state index >= 15 is 0 Å². The molecule has 2 aromatic carbocycles. The highest BCUT2D eigenvalue weighted by atomic mass is 14.9. The molecule has 0 aliphatic rings. The van der Waals surface area contributed by atoms with Gasteiger partial charge in [0.25, 0.3) is 0 Å². The summed E-state index contributed by atoms with van der Waals surface area (Å²) in [6, 6.07) is 21.0. The number of nitrogens with one attached hydrogen (secondary N) is 1. The molecule has 0 aromatic heterocycles. The Kier molecular flexibility index (Phi) is 5.00. The Morgan fingerprint density at radius 2 is 1.67 bits per heavy atom. The molecule has 0 unspecified atom stereocenters. The maximum Gasteiger partial charge on any atom is 0.0766 e. The van der Waals surface area contributed by atoms with Gasteiger partial charge in [0.2, 0.25) is 0 Å². The predicted octanol–water partition coefficient (Wildman–Crippen LogP) is 4.53. The molecule has 0 spiro atoms. The average molecular weight is 278 g/mol. The number of nitriles is 1. The lowest BCUT2D eigenvalue weighted by Crippen LogP contribution is -2.13. The van der Waals surface area contributed by atoms with Gasteiger partial charge in [-0.05, 0) is 49.9 Å². The van der Waals surface area contributed by atoms with Gasteiger partial charge in [-0.1, -0.05) is 42.5 Å². The van der Waals surface area contributed by atoms with Crippen LogP contribution in [0.5, 0.6) is 0 Å². The van der Waals surface area contributed by atoms with E-state index in [-0.39, 0.29) is 0 Å². The third kappa shape index (κ3) is 4.36. The monoisotopic (exact) mass is 278 g/mol. The van der Waals surface area contributed by atoms with Crippen molar-refractivity contribution in [2.75, 3.05) is 11.9 Å². The quantitative estimate of drug-likeness (QED) is 0.788. The third-order valence-electron chi connectivity index (χ3n) is 3.70. The van der Waals surface area contributed by atoms with Crippen molar-refractivity contribution < 1.29 is 0 Å². The highest BCUT2D eigenvalue weighted by Crippen LogP contribution is 2.23. The molecule has 21 heavy (non-hydrogen) atoms. The first-order chi connectivity index (χ1) is 10.1. The van der Waals surface area contributed by atoms with Crippen LogP contribution < -0.4 is 5.32 Å². The molecule has 2 heteroatoms. The molecule has 0 saturated heterocycles. The largest absolute Gasteiger partial charge is 0.385 e. The lowest BCUT2D eigenvalue weighted by atomic mass is 9.86. The van der Waals surface area contributed by atoms with Crippen molar-refractivity contribution in [2.24, 2.45) is 0 Å². The van der Waals surface area contributed by atoms with Crippen molar-refractivity contribution in [3.8, 4) is 6.07 Å². The standard InChI is InChI=1S/C19H22N2/c1-19(2,15-20)17-10-12-18(13-11-17)21-14-6-9-16-7-4-3-5-8-16/h3-5,7-8,10-13,21H,6,9,14H2,1-2H3. The van der Waals surface area contributed by atoms with Crippen LogP contribution in [0.15, 0.2) is 54.6 Å². The summed E-state index contributed by atoms with van der Waals surface area (Å²) in [5.74, 6) is 0. The van der Waals surface area contributed by atoms with Crippen LogP contribution in [0.2, 0.25) is 0 Å². The van der Waals surface area contributed by atoms with Crippen molar-refractivity contribution >= 4 is 5.69 Å². The molecule has 0 radical (unpaired) electrons. The summed E-state index contributed by atoms with van der Waals surface area (Å²) in [5, 5.41) is 12.6. The highest BCUT2D eigenvalue weighted by Gasteiger charge is 2.18. The molecule has 0 fully saturated rings. The Hall–Kier alpha value is -2.27. The Bertz CT molecular complexity index is 592. The van der Waals surface area contributed by atoms with Crippen molar-refractivity contribution in [1.29, 1.82) is 5.26 Å². The van der Waals surface area contributed by atoms with Crippen LogP contribution >= 0.6 is 0 Å². The zero-order valence-corrected chi connectivity index (χ0v) is 12.8. The number of hydrogen-bond acceptors (Lipinski definition) is 2. The first-order valence-electron chi connectivity index (χ1n) is 7.41. The summed E-state index contributed by atoms with van der Waals surface area (Å²) >= 11 is 0. The van der Waals surface area contributed by atoms with Gasteiger partial charge in [0.05, 0.1) is 11.5 Å². The smallest absolute Gasteiger partial charge is 0.0766 e. The maximum absolute atomic E-state index is 9.13. The van der Waals surface area contributed by atoms with Gasteiger partial charge in [0.1, 0.15) is 0 Å². The summed E-state index contributed by atoms with van der Waals surface area (Å²) < 4.78 is 0. The Labute approximate surface area is 127 Å². The zero-order valence-electron chi connectivity index (χ0n) is 12.8. The van der Waals surface area contributed by atoms with Crippen LogP contribution in [0.1, 0.15) is 31.4 Å². The molecule has 0 saturated carbocycles. The second kappa shape index (κ2) is 6.95. The normalized spacial score (nSPS) is 10.9. The summed E-state index contributed by atoms with van der Waals surface area (Å²) in [6.07, 6.45) is 2.20. The Morgan fingerprint density at radius 1 is 1.00 bits per heavy atom. The number of rotatable bonds is 6. The van der Waals surface area contributed by atoms with Crippen LogP contribution in [-0.4, -0.2) is 6.54 Å². The van der Waals surface area contributed by atoms with Gasteiger partial charge >= 0.3 is 0 Å². The second-order valence-electron chi connectivity index (χ2n) is 5.83. The van der Waals surface area contributed by atoms with E-state index < -0.39 is 5.41 Å². The lowest BCUT2D eigenvalue weighted by Gasteiger charge is -2.16. The number of anilines is 1. The fourth-order valence-electron chi connectivity index (χ4n) is 2.24. The number of hydrogen-bond donors (Lipinski definition) is 1. The van der Waals surface area contributed by atoms with E-state index in [4.69, 9.17) is 5.26 Å². The zero-order chi connectivity index (χ0) is 15.1. The van der Waals surface area contributed by atoms with Gasteiger partial charge in [0, 0.05) is 12.2 Å². The van der Waals surface area contributed by atoms with Gasteiger partial charge in [-0.15, -0.1) is 0 Å². The lowest BCUT2D eigenvalue weighted by molar-refractivity contribution is 0.687. The number of benzene rings is 2. The minimum Gasteiger partial charge on any atom is -0.385 e. The Morgan fingerprint density at radius 3 is 2.29 bits per heavy atom. The number of aryl methyl sites for hydroxylation is 1. The molecule has 0 bridgehead atoms. The van der Waals surface area contributed by atoms with E-state index in [0.29, 0.717) is 0 Å². The van der Waals surface area contributed by atoms with E-state index in [9.17, 15) is 0 Å². The van der Waals surface area contributed by atoms with Crippen LogP contribution in [-0.2, 0) is 11.8 Å². The van der Waals surface area contributed by atoms with Crippen molar-refractivity contribution in [2.45, 2.75) is 32.1 Å². The van der Waals surface area contributed by atoms with Gasteiger partial charge < -0.3 is 5.32 Å². The van der Waals surface area contributed by atoms with E-state index in [1.54, 1.807) is 0 Å². The molecule has 0 heterocycles. The number of nitrogens with zero attached hydrogens (tertiary/aromatic N) is 1. The molecular formula is C19H22N2. The molecule has 0 aliphatic heterocycles. The topological polar surface area (TPSA) is 35.8 Å². The molecule has 0 aliphatic carbocycles. The predicted molar refractivity (Wildman–Crippen MR) is 88.3 cm³/mol. The summed E-state index contributed by atoms with van der Waals surface area (Å²) in [4.78, 5) is 0. The summed E-state index contributed by atoms with van der Waals surface area (Å²) in [5.41, 5.74) is 3.12. The van der Waals surface area contributed by atoms with Gasteiger partial charge in [-0.25, -0.2) is 0 Å². The molecule has 1 N–H and O–H groups in total.